The number of allylic oxidation sites excluding steroid dienone is 8. The van der Waals surface area contributed by atoms with Crippen LogP contribution in [0.1, 0.15) is 290 Å². The van der Waals surface area contributed by atoms with Gasteiger partial charge in [-0.1, -0.05) is 274 Å². The van der Waals surface area contributed by atoms with Gasteiger partial charge in [-0.25, -0.2) is 0 Å². The molecular formula is C65H119NO8. The van der Waals surface area contributed by atoms with Gasteiger partial charge >= 0.3 is 11.9 Å². The number of aliphatic carboxylic acids is 1. The third-order valence-corrected chi connectivity index (χ3v) is 13.8. The van der Waals surface area contributed by atoms with Crippen molar-refractivity contribution in [2.24, 2.45) is 0 Å². The molecule has 2 atom stereocenters. The second-order valence-electron chi connectivity index (χ2n) is 22.3. The van der Waals surface area contributed by atoms with Gasteiger partial charge in [0.25, 0.3) is 0 Å². The van der Waals surface area contributed by atoms with E-state index in [2.05, 4.69) is 62.5 Å². The Labute approximate surface area is 457 Å². The van der Waals surface area contributed by atoms with E-state index in [1.165, 1.54) is 193 Å². The summed E-state index contributed by atoms with van der Waals surface area (Å²) in [6.07, 6.45) is 67.4. The maximum absolute atomic E-state index is 12.9. The Morgan fingerprint density at radius 1 is 0.419 bits per heavy atom. The molecule has 0 aromatic rings. The standard InChI is InChI=1S/C65H119NO8/c1-6-8-10-12-14-16-18-20-22-24-26-28-30-32-34-36-38-40-42-44-46-48-50-52-54-56-63(68)74-61(60-73-65(64(69)70)71-58-57-66(3,4)5)59-72-62(67)55-53-51-49-47-45-43-41-39-37-35-33-31-29-27-25-23-21-19-17-15-13-11-9-7-2/h8,10,14,16,20,22,26,28,61,65H,6-7,9,11-13,15,17-19,21,23-25,27,29-60H2,1-5H3/b10-8-,16-14-,22-20-,28-26-. The van der Waals surface area contributed by atoms with E-state index in [-0.39, 0.29) is 32.2 Å². The van der Waals surface area contributed by atoms with Crippen molar-refractivity contribution >= 4 is 17.9 Å². The Balaban J connectivity index is 4.17. The zero-order valence-electron chi connectivity index (χ0n) is 49.2. The number of ether oxygens (including phenoxy) is 4. The van der Waals surface area contributed by atoms with Crippen LogP contribution in [0.5, 0.6) is 0 Å². The van der Waals surface area contributed by atoms with E-state index in [4.69, 9.17) is 18.9 Å². The molecule has 0 saturated carbocycles. The highest BCUT2D eigenvalue weighted by molar-refractivity contribution is 5.70. The Kier molecular flexibility index (Phi) is 54.4. The summed E-state index contributed by atoms with van der Waals surface area (Å²) in [5, 5.41) is 11.8. The minimum Gasteiger partial charge on any atom is -0.545 e. The summed E-state index contributed by atoms with van der Waals surface area (Å²) in [6.45, 7) is 4.68. The average Bonchev–Trinajstić information content (AvgIpc) is 3.37. The highest BCUT2D eigenvalue weighted by atomic mass is 16.7. The van der Waals surface area contributed by atoms with Crippen molar-refractivity contribution in [2.45, 2.75) is 302 Å². The number of carboxylic acid groups (broad SMARTS) is 1. The van der Waals surface area contributed by atoms with E-state index in [1.807, 2.05) is 21.1 Å². The minimum atomic E-state index is -1.62. The highest BCUT2D eigenvalue weighted by Gasteiger charge is 2.22. The highest BCUT2D eigenvalue weighted by Crippen LogP contribution is 2.18. The second kappa shape index (κ2) is 56.5. The van der Waals surface area contributed by atoms with Crippen molar-refractivity contribution in [3.8, 4) is 0 Å². The third-order valence-electron chi connectivity index (χ3n) is 13.8. The molecule has 74 heavy (non-hydrogen) atoms. The lowest BCUT2D eigenvalue weighted by molar-refractivity contribution is -0.870. The summed E-state index contributed by atoms with van der Waals surface area (Å²) in [6, 6.07) is 0. The lowest BCUT2D eigenvalue weighted by Crippen LogP contribution is -2.44. The molecule has 9 nitrogen and oxygen atoms in total. The summed E-state index contributed by atoms with van der Waals surface area (Å²) in [7, 11) is 5.93. The first-order valence-corrected chi connectivity index (χ1v) is 31.3. The van der Waals surface area contributed by atoms with Crippen LogP contribution >= 0.6 is 0 Å². The molecule has 0 aliphatic heterocycles. The lowest BCUT2D eigenvalue weighted by atomic mass is 10.0. The van der Waals surface area contributed by atoms with Crippen molar-refractivity contribution in [3.05, 3.63) is 48.6 Å². The molecule has 0 heterocycles. The van der Waals surface area contributed by atoms with Crippen molar-refractivity contribution in [1.29, 1.82) is 0 Å². The zero-order chi connectivity index (χ0) is 54.1. The number of unbranched alkanes of at least 4 members (excludes halogenated alkanes) is 35. The molecule has 0 radical (unpaired) electrons. The van der Waals surface area contributed by atoms with Crippen LogP contribution in [0, 0.1) is 0 Å². The lowest BCUT2D eigenvalue weighted by Gasteiger charge is -2.26. The number of rotatable bonds is 58. The first-order chi connectivity index (χ1) is 36.1. The van der Waals surface area contributed by atoms with Gasteiger partial charge in [0.1, 0.15) is 13.2 Å². The Morgan fingerprint density at radius 2 is 0.770 bits per heavy atom. The molecule has 0 amide bonds. The number of esters is 2. The second-order valence-corrected chi connectivity index (χ2v) is 22.3. The third kappa shape index (κ3) is 57.0. The first-order valence-electron chi connectivity index (χ1n) is 31.3. The largest absolute Gasteiger partial charge is 0.545 e. The molecule has 0 bridgehead atoms. The van der Waals surface area contributed by atoms with Gasteiger partial charge in [-0.15, -0.1) is 0 Å². The quantitative estimate of drug-likeness (QED) is 0.0195. The molecule has 2 unspecified atom stereocenters. The average molecular weight is 1040 g/mol. The number of hydrogen-bond acceptors (Lipinski definition) is 8. The maximum Gasteiger partial charge on any atom is 0.306 e. The number of carbonyl (C=O) groups excluding carboxylic acids is 3. The number of hydrogen-bond donors (Lipinski definition) is 0. The van der Waals surface area contributed by atoms with E-state index in [9.17, 15) is 19.5 Å². The summed E-state index contributed by atoms with van der Waals surface area (Å²) in [5.74, 6) is -2.27. The summed E-state index contributed by atoms with van der Waals surface area (Å²) in [4.78, 5) is 37.4. The van der Waals surface area contributed by atoms with E-state index in [0.29, 0.717) is 23.9 Å². The molecule has 0 fully saturated rings. The van der Waals surface area contributed by atoms with Crippen LogP contribution in [0.3, 0.4) is 0 Å². The van der Waals surface area contributed by atoms with Crippen molar-refractivity contribution in [3.63, 3.8) is 0 Å². The molecule has 0 spiro atoms. The smallest absolute Gasteiger partial charge is 0.306 e. The van der Waals surface area contributed by atoms with Gasteiger partial charge in [0, 0.05) is 12.8 Å². The topological polar surface area (TPSA) is 111 Å². The number of nitrogens with zero attached hydrogens (tertiary/aromatic N) is 1. The molecule has 9 heteroatoms. The minimum absolute atomic E-state index is 0.148. The van der Waals surface area contributed by atoms with Gasteiger partial charge in [-0.3, -0.25) is 9.59 Å². The fourth-order valence-electron chi connectivity index (χ4n) is 9.06. The Morgan fingerprint density at radius 3 is 1.15 bits per heavy atom. The van der Waals surface area contributed by atoms with E-state index in [0.717, 1.165) is 64.2 Å². The van der Waals surface area contributed by atoms with Crippen molar-refractivity contribution < 1.29 is 42.9 Å². The van der Waals surface area contributed by atoms with Crippen LogP contribution in [0.4, 0.5) is 0 Å². The fraction of sp³-hybridized carbons (Fsp3) is 0.831. The molecule has 0 aliphatic rings. The maximum atomic E-state index is 12.9. The van der Waals surface area contributed by atoms with Gasteiger partial charge in [0.2, 0.25) is 0 Å². The van der Waals surface area contributed by atoms with Crippen LogP contribution < -0.4 is 5.11 Å². The predicted molar refractivity (Wildman–Crippen MR) is 311 cm³/mol. The van der Waals surface area contributed by atoms with Gasteiger partial charge in [0.15, 0.2) is 12.4 Å². The van der Waals surface area contributed by atoms with Crippen LogP contribution in [-0.2, 0) is 33.3 Å². The zero-order valence-corrected chi connectivity index (χ0v) is 49.2. The molecule has 0 aliphatic carbocycles. The van der Waals surface area contributed by atoms with Crippen LogP contribution in [0.15, 0.2) is 48.6 Å². The Hall–Kier alpha value is -2.75. The monoisotopic (exact) mass is 1040 g/mol. The van der Waals surface area contributed by atoms with Gasteiger partial charge in [-0.2, -0.15) is 0 Å². The van der Waals surface area contributed by atoms with E-state index in [1.54, 1.807) is 0 Å². The summed E-state index contributed by atoms with van der Waals surface area (Å²) >= 11 is 0. The van der Waals surface area contributed by atoms with Crippen molar-refractivity contribution in [2.75, 3.05) is 47.5 Å². The molecule has 0 rings (SSSR count). The fourth-order valence-corrected chi connectivity index (χ4v) is 9.06. The molecular weight excluding hydrogens is 923 g/mol. The number of carboxylic acids is 1. The van der Waals surface area contributed by atoms with Gasteiger partial charge in [0.05, 0.1) is 40.3 Å². The predicted octanol–water partition coefficient (Wildman–Crippen LogP) is 17.3. The molecule has 432 valence electrons. The van der Waals surface area contributed by atoms with Gasteiger partial charge < -0.3 is 33.3 Å². The van der Waals surface area contributed by atoms with Crippen LogP contribution in [0.2, 0.25) is 0 Å². The Bertz CT molecular complexity index is 1350. The van der Waals surface area contributed by atoms with E-state index < -0.39 is 24.3 Å². The summed E-state index contributed by atoms with van der Waals surface area (Å²) < 4.78 is 22.8. The normalized spacial score (nSPS) is 13.0. The SMILES string of the molecule is CC/C=C\C/C=C\C/C=C\C/C=C\CCCCCCCCCCCCCCC(=O)OC(COC(=O)CCCCCCCCCCCCCCCCCCCCCCCCCC)COC(OCC[N+](C)(C)C)C(=O)[O-]. The molecule has 0 saturated heterocycles. The van der Waals surface area contributed by atoms with Crippen molar-refractivity contribution in [1.82, 2.24) is 0 Å². The first kappa shape index (κ1) is 71.2. The number of quaternary nitrogens is 1. The summed E-state index contributed by atoms with van der Waals surface area (Å²) in [5.41, 5.74) is 0. The molecule has 0 aromatic heterocycles. The number of likely N-dealkylation sites (N-methyl/N-ethyl adjacent to an activating group) is 1. The molecule has 0 N–H and O–H groups in total. The number of carbonyl (C=O) groups is 3. The molecule has 0 aromatic carbocycles. The van der Waals surface area contributed by atoms with Crippen LogP contribution in [0.25, 0.3) is 0 Å². The van der Waals surface area contributed by atoms with Crippen LogP contribution in [-0.4, -0.2) is 82.3 Å². The van der Waals surface area contributed by atoms with Gasteiger partial charge in [-0.05, 0) is 51.4 Å². The van der Waals surface area contributed by atoms with E-state index >= 15 is 0 Å².